The number of unbranched alkanes of at least 4 members (excludes halogenated alkanes) is 15. The van der Waals surface area contributed by atoms with Crippen LogP contribution in [-0.4, -0.2) is 67.7 Å². The van der Waals surface area contributed by atoms with Crippen molar-refractivity contribution in [3.8, 4) is 0 Å². The lowest BCUT2D eigenvalue weighted by atomic mass is 10.1. The summed E-state index contributed by atoms with van der Waals surface area (Å²) in [5.41, 5.74) is 0. The van der Waals surface area contributed by atoms with Crippen LogP contribution >= 0.6 is 0 Å². The topological polar surface area (TPSA) is 85.3 Å². The molecule has 0 saturated carbocycles. The van der Waals surface area contributed by atoms with Gasteiger partial charge in [0.15, 0.2) is 0 Å². The van der Waals surface area contributed by atoms with Gasteiger partial charge in [0.2, 0.25) is 0 Å². The van der Waals surface area contributed by atoms with Crippen LogP contribution in [0.1, 0.15) is 168 Å². The van der Waals surface area contributed by atoms with Crippen molar-refractivity contribution in [2.24, 2.45) is 0 Å². The van der Waals surface area contributed by atoms with Gasteiger partial charge in [-0.2, -0.15) is 0 Å². The van der Waals surface area contributed by atoms with Crippen molar-refractivity contribution in [2.45, 2.75) is 175 Å². The molecule has 0 heterocycles. The molecule has 0 aliphatic heterocycles. The largest absolute Gasteiger partial charge is 0.508 e. The molecule has 0 aliphatic carbocycles. The van der Waals surface area contributed by atoms with E-state index in [0.29, 0.717) is 19.6 Å². The first-order chi connectivity index (χ1) is 20.6. The van der Waals surface area contributed by atoms with E-state index in [1.54, 1.807) is 0 Å². The van der Waals surface area contributed by atoms with Gasteiger partial charge in [-0.25, -0.2) is 4.79 Å². The second kappa shape index (κ2) is 32.6. The zero-order valence-corrected chi connectivity index (χ0v) is 28.0. The molecule has 0 spiro atoms. The van der Waals surface area contributed by atoms with Crippen molar-refractivity contribution in [1.29, 1.82) is 0 Å². The van der Waals surface area contributed by atoms with Crippen molar-refractivity contribution in [2.75, 3.05) is 39.5 Å². The third kappa shape index (κ3) is 28.8. The Kier molecular flexibility index (Phi) is 31.5. The number of ether oxygens (including phenoxy) is 3. The van der Waals surface area contributed by atoms with Crippen LogP contribution in [0.15, 0.2) is 0 Å². The Balaban J connectivity index is 3.64. The summed E-state index contributed by atoms with van der Waals surface area (Å²) in [6.07, 6.45) is 24.5. The summed E-state index contributed by atoms with van der Waals surface area (Å²) in [6.45, 7) is 10.5. The maximum Gasteiger partial charge on any atom is 0.508 e. The van der Waals surface area contributed by atoms with Gasteiger partial charge in [0, 0.05) is 13.0 Å². The van der Waals surface area contributed by atoms with Gasteiger partial charge in [-0.05, 0) is 58.0 Å². The fraction of sp³-hybridized carbons (Fsp3) is 0.943. The fourth-order valence-corrected chi connectivity index (χ4v) is 5.24. The second-order valence-corrected chi connectivity index (χ2v) is 12.0. The maximum absolute atomic E-state index is 11.9. The van der Waals surface area contributed by atoms with Crippen molar-refractivity contribution in [1.82, 2.24) is 4.90 Å². The first-order valence-electron chi connectivity index (χ1n) is 17.9. The first kappa shape index (κ1) is 40.7. The smallest absolute Gasteiger partial charge is 0.466 e. The van der Waals surface area contributed by atoms with Gasteiger partial charge in [0.1, 0.15) is 6.10 Å². The van der Waals surface area contributed by atoms with Crippen LogP contribution in [0.4, 0.5) is 4.79 Å². The molecule has 0 aromatic heterocycles. The standard InChI is InChI=1S/C35H69NO6/c1-4-7-9-10-14-19-26-34(38)40-31-22-17-12-11-15-20-27-36(29-30-37)28-21-16-13-18-23-32-41-35(39)42-33(24-6-3)25-8-5-2/h33,37H,4-32H2,1-3H3. The number of carbonyl (C=O) groups excluding carboxylic acids is 2. The van der Waals surface area contributed by atoms with Crippen LogP contribution in [0.3, 0.4) is 0 Å². The molecule has 0 saturated heterocycles. The molecule has 0 aromatic rings. The summed E-state index contributed by atoms with van der Waals surface area (Å²) in [7, 11) is 0. The first-order valence-corrected chi connectivity index (χ1v) is 17.9. The molecule has 42 heavy (non-hydrogen) atoms. The molecule has 1 N–H and O–H groups in total. The summed E-state index contributed by atoms with van der Waals surface area (Å²) in [4.78, 5) is 26.1. The van der Waals surface area contributed by atoms with Crippen molar-refractivity contribution >= 4 is 12.1 Å². The summed E-state index contributed by atoms with van der Waals surface area (Å²) in [5.74, 6) is -0.0287. The van der Waals surface area contributed by atoms with E-state index in [-0.39, 0.29) is 18.7 Å². The number of rotatable bonds is 32. The van der Waals surface area contributed by atoms with E-state index in [2.05, 4.69) is 25.7 Å². The van der Waals surface area contributed by atoms with E-state index in [9.17, 15) is 14.7 Å². The number of hydrogen-bond donors (Lipinski definition) is 1. The van der Waals surface area contributed by atoms with E-state index in [1.807, 2.05) is 0 Å². The van der Waals surface area contributed by atoms with Gasteiger partial charge in [0.25, 0.3) is 0 Å². The Morgan fingerprint density at radius 1 is 0.571 bits per heavy atom. The van der Waals surface area contributed by atoms with Gasteiger partial charge in [-0.1, -0.05) is 117 Å². The van der Waals surface area contributed by atoms with E-state index in [0.717, 1.165) is 116 Å². The highest BCUT2D eigenvalue weighted by molar-refractivity contribution is 5.69. The summed E-state index contributed by atoms with van der Waals surface area (Å²) >= 11 is 0. The SMILES string of the molecule is CCCCCCCCC(=O)OCCCCCCCCN(CCO)CCCCCCCOC(=O)OC(CCC)CCCC. The van der Waals surface area contributed by atoms with Gasteiger partial charge in [-0.3, -0.25) is 4.79 Å². The van der Waals surface area contributed by atoms with E-state index in [4.69, 9.17) is 14.2 Å². The Hall–Kier alpha value is -1.34. The highest BCUT2D eigenvalue weighted by atomic mass is 16.7. The molecule has 0 rings (SSSR count). The average Bonchev–Trinajstić information content (AvgIpc) is 2.98. The van der Waals surface area contributed by atoms with Crippen LogP contribution in [0.2, 0.25) is 0 Å². The Morgan fingerprint density at radius 3 is 1.67 bits per heavy atom. The van der Waals surface area contributed by atoms with E-state index >= 15 is 0 Å². The van der Waals surface area contributed by atoms with Crippen LogP contribution < -0.4 is 0 Å². The van der Waals surface area contributed by atoms with Crippen molar-refractivity contribution in [3.63, 3.8) is 0 Å². The molecule has 0 amide bonds. The third-order valence-corrected chi connectivity index (χ3v) is 7.87. The maximum atomic E-state index is 11.9. The normalized spacial score (nSPS) is 12.0. The van der Waals surface area contributed by atoms with Gasteiger partial charge in [-0.15, -0.1) is 0 Å². The number of aliphatic hydroxyl groups is 1. The molecule has 0 bridgehead atoms. The lowest BCUT2D eigenvalue weighted by molar-refractivity contribution is -0.143. The number of nitrogens with zero attached hydrogens (tertiary/aromatic N) is 1. The zero-order valence-electron chi connectivity index (χ0n) is 28.0. The third-order valence-electron chi connectivity index (χ3n) is 7.87. The minimum atomic E-state index is -0.510. The van der Waals surface area contributed by atoms with Crippen LogP contribution in [0.25, 0.3) is 0 Å². The Labute approximate surface area is 259 Å². The zero-order chi connectivity index (χ0) is 30.9. The highest BCUT2D eigenvalue weighted by Gasteiger charge is 2.14. The second-order valence-electron chi connectivity index (χ2n) is 12.0. The number of hydrogen-bond acceptors (Lipinski definition) is 7. The van der Waals surface area contributed by atoms with Crippen LogP contribution in [0.5, 0.6) is 0 Å². The Morgan fingerprint density at radius 2 is 1.10 bits per heavy atom. The monoisotopic (exact) mass is 600 g/mol. The molecular formula is C35H69NO6. The minimum Gasteiger partial charge on any atom is -0.466 e. The van der Waals surface area contributed by atoms with E-state index < -0.39 is 6.16 Å². The molecule has 0 radical (unpaired) electrons. The highest BCUT2D eigenvalue weighted by Crippen LogP contribution is 2.13. The molecule has 1 atom stereocenters. The minimum absolute atomic E-state index is 0.00769. The summed E-state index contributed by atoms with van der Waals surface area (Å²) in [6, 6.07) is 0. The van der Waals surface area contributed by atoms with E-state index in [1.165, 1.54) is 44.9 Å². The molecule has 7 nitrogen and oxygen atoms in total. The predicted octanol–water partition coefficient (Wildman–Crippen LogP) is 9.38. The van der Waals surface area contributed by atoms with Gasteiger partial charge < -0.3 is 24.2 Å². The molecule has 1 unspecified atom stereocenters. The summed E-state index contributed by atoms with van der Waals surface area (Å²) < 4.78 is 16.1. The fourth-order valence-electron chi connectivity index (χ4n) is 5.24. The molecule has 0 aliphatic rings. The number of esters is 1. The van der Waals surface area contributed by atoms with Gasteiger partial charge in [0.05, 0.1) is 19.8 Å². The molecular weight excluding hydrogens is 530 g/mol. The van der Waals surface area contributed by atoms with Crippen molar-refractivity contribution in [3.05, 3.63) is 0 Å². The quantitative estimate of drug-likeness (QED) is 0.0609. The lowest BCUT2D eigenvalue weighted by Gasteiger charge is -2.21. The number of aliphatic hydroxyl groups excluding tert-OH is 1. The predicted molar refractivity (Wildman–Crippen MR) is 174 cm³/mol. The molecule has 0 aromatic carbocycles. The molecule has 0 fully saturated rings. The van der Waals surface area contributed by atoms with Gasteiger partial charge >= 0.3 is 12.1 Å². The molecule has 7 heteroatoms. The number of carbonyl (C=O) groups is 2. The lowest BCUT2D eigenvalue weighted by Crippen LogP contribution is -2.29. The molecule has 250 valence electrons. The Bertz CT molecular complexity index is 588. The summed E-state index contributed by atoms with van der Waals surface area (Å²) in [5, 5.41) is 9.43. The average molecular weight is 600 g/mol. The van der Waals surface area contributed by atoms with Crippen molar-refractivity contribution < 1.29 is 28.9 Å². The van der Waals surface area contributed by atoms with Crippen LogP contribution in [0, 0.1) is 0 Å². The van der Waals surface area contributed by atoms with Crippen LogP contribution in [-0.2, 0) is 19.0 Å².